The average molecular weight is 490 g/mol. The van der Waals surface area contributed by atoms with Crippen molar-refractivity contribution in [2.45, 2.75) is 19.4 Å². The van der Waals surface area contributed by atoms with Crippen molar-refractivity contribution in [1.82, 2.24) is 5.32 Å². The predicted octanol–water partition coefficient (Wildman–Crippen LogP) is 3.33. The molecule has 0 bridgehead atoms. The monoisotopic (exact) mass is 490 g/mol. The van der Waals surface area contributed by atoms with Crippen molar-refractivity contribution in [3.63, 3.8) is 0 Å². The lowest BCUT2D eigenvalue weighted by molar-refractivity contribution is -0.131. The summed E-state index contributed by atoms with van der Waals surface area (Å²) in [5.74, 6) is -3.43. The van der Waals surface area contributed by atoms with Crippen LogP contribution in [0.5, 0.6) is 0 Å². The maximum absolute atomic E-state index is 15.1. The van der Waals surface area contributed by atoms with Crippen LogP contribution in [0.4, 0.5) is 20.2 Å². The number of rotatable bonds is 6. The lowest BCUT2D eigenvalue weighted by Gasteiger charge is -2.16. The molecule has 0 radical (unpaired) electrons. The van der Waals surface area contributed by atoms with Crippen LogP contribution in [0.1, 0.15) is 39.1 Å². The van der Waals surface area contributed by atoms with Crippen LogP contribution in [0.2, 0.25) is 0 Å². The number of fused-ring (bicyclic) bond motifs is 1. The number of hydrogen-bond acceptors (Lipinski definition) is 4. The van der Waals surface area contributed by atoms with E-state index in [1.54, 1.807) is 0 Å². The molecule has 0 atom stereocenters. The van der Waals surface area contributed by atoms with Gasteiger partial charge in [-0.25, -0.2) is 8.78 Å². The fraction of sp³-hybridized carbons (Fsp3) is 0.154. The quantitative estimate of drug-likeness (QED) is 0.395. The lowest BCUT2D eigenvalue weighted by atomic mass is 9.92. The van der Waals surface area contributed by atoms with Crippen molar-refractivity contribution in [2.75, 3.05) is 10.6 Å². The normalized spacial score (nSPS) is 15.0. The fourth-order valence-electron chi connectivity index (χ4n) is 4.33. The number of carbonyl (C=O) groups is 4. The molecule has 3 aromatic carbocycles. The number of halogens is 2. The van der Waals surface area contributed by atoms with Gasteiger partial charge in [-0.3, -0.25) is 19.2 Å². The Labute approximate surface area is 203 Å². The van der Waals surface area contributed by atoms with E-state index in [0.717, 1.165) is 6.07 Å². The fourth-order valence-corrected chi connectivity index (χ4v) is 4.33. The van der Waals surface area contributed by atoms with Gasteiger partial charge < -0.3 is 21.7 Å². The Morgan fingerprint density at radius 1 is 0.861 bits per heavy atom. The molecular formula is C26H20F2N4O4. The molecule has 0 aromatic heterocycles. The van der Waals surface area contributed by atoms with E-state index in [1.807, 2.05) is 0 Å². The van der Waals surface area contributed by atoms with Gasteiger partial charge in [-0.1, -0.05) is 6.07 Å². The highest BCUT2D eigenvalue weighted by Crippen LogP contribution is 2.47. The molecule has 2 aliphatic rings. The van der Waals surface area contributed by atoms with Crippen molar-refractivity contribution in [1.29, 1.82) is 0 Å². The summed E-state index contributed by atoms with van der Waals surface area (Å²) in [4.78, 5) is 49.5. The molecule has 1 heterocycles. The maximum Gasteiger partial charge on any atom is 0.252 e. The Morgan fingerprint density at radius 2 is 1.47 bits per heavy atom. The molecule has 36 heavy (non-hydrogen) atoms. The van der Waals surface area contributed by atoms with Crippen molar-refractivity contribution in [2.24, 2.45) is 11.1 Å². The number of nitrogens with two attached hydrogens (primary N) is 1. The van der Waals surface area contributed by atoms with Crippen LogP contribution in [0.3, 0.4) is 0 Å². The molecular weight excluding hydrogens is 470 g/mol. The molecule has 0 saturated heterocycles. The minimum Gasteiger partial charge on any atom is -0.366 e. The van der Waals surface area contributed by atoms with Gasteiger partial charge in [0.15, 0.2) is 0 Å². The van der Waals surface area contributed by atoms with E-state index in [1.165, 1.54) is 48.5 Å². The molecule has 8 nitrogen and oxygen atoms in total. The zero-order valence-corrected chi connectivity index (χ0v) is 18.8. The van der Waals surface area contributed by atoms with E-state index in [9.17, 15) is 23.6 Å². The van der Waals surface area contributed by atoms with Gasteiger partial charge in [0, 0.05) is 23.5 Å². The Hall–Kier alpha value is -4.60. The SMILES string of the molecule is NC(=O)c1ccc(-c2ccc(NC(=O)C3(C(=O)Nc4ccc(F)cc4)CC3)cc2F)c2c1C(=O)NC2. The van der Waals surface area contributed by atoms with Gasteiger partial charge in [-0.2, -0.15) is 0 Å². The van der Waals surface area contributed by atoms with Crippen LogP contribution >= 0.6 is 0 Å². The topological polar surface area (TPSA) is 130 Å². The highest BCUT2D eigenvalue weighted by atomic mass is 19.1. The molecule has 1 aliphatic carbocycles. The molecule has 10 heteroatoms. The van der Waals surface area contributed by atoms with Crippen LogP contribution in [0, 0.1) is 17.0 Å². The zero-order chi connectivity index (χ0) is 25.6. The smallest absolute Gasteiger partial charge is 0.252 e. The molecule has 3 aromatic rings. The summed E-state index contributed by atoms with van der Waals surface area (Å²) >= 11 is 0. The van der Waals surface area contributed by atoms with E-state index < -0.39 is 40.7 Å². The molecule has 1 aliphatic heterocycles. The largest absolute Gasteiger partial charge is 0.366 e. The van der Waals surface area contributed by atoms with Crippen LogP contribution in [0.15, 0.2) is 54.6 Å². The molecule has 1 fully saturated rings. The van der Waals surface area contributed by atoms with Gasteiger partial charge in [0.05, 0.1) is 11.1 Å². The van der Waals surface area contributed by atoms with Crippen molar-refractivity contribution >= 4 is 35.0 Å². The third-order valence-electron chi connectivity index (χ3n) is 6.47. The van der Waals surface area contributed by atoms with Gasteiger partial charge in [0.25, 0.3) is 5.91 Å². The third kappa shape index (κ3) is 3.96. The predicted molar refractivity (Wildman–Crippen MR) is 127 cm³/mol. The maximum atomic E-state index is 15.1. The lowest BCUT2D eigenvalue weighted by Crippen LogP contribution is -2.35. The summed E-state index contributed by atoms with van der Waals surface area (Å²) in [6, 6.07) is 12.1. The highest BCUT2D eigenvalue weighted by Gasteiger charge is 2.56. The summed E-state index contributed by atoms with van der Waals surface area (Å²) in [5, 5.41) is 7.83. The number of nitrogens with one attached hydrogen (secondary N) is 3. The van der Waals surface area contributed by atoms with E-state index >= 15 is 4.39 Å². The Morgan fingerprint density at radius 3 is 2.08 bits per heavy atom. The second kappa shape index (κ2) is 8.56. The minimum absolute atomic E-state index is 0.0571. The summed E-state index contributed by atoms with van der Waals surface area (Å²) in [7, 11) is 0. The van der Waals surface area contributed by atoms with Crippen molar-refractivity contribution in [3.8, 4) is 11.1 Å². The van der Waals surface area contributed by atoms with Gasteiger partial charge in [-0.05, 0) is 72.5 Å². The van der Waals surface area contributed by atoms with E-state index in [4.69, 9.17) is 5.73 Å². The van der Waals surface area contributed by atoms with Gasteiger partial charge >= 0.3 is 0 Å². The second-order valence-corrected chi connectivity index (χ2v) is 8.75. The van der Waals surface area contributed by atoms with E-state index in [0.29, 0.717) is 29.7 Å². The summed E-state index contributed by atoms with van der Waals surface area (Å²) < 4.78 is 28.2. The van der Waals surface area contributed by atoms with Crippen LogP contribution in [-0.2, 0) is 16.1 Å². The standard InChI is InChI=1S/C26H20F2N4O4/c27-13-1-3-14(4-2-13)31-24(35)26(9-10-26)25(36)32-15-5-6-17(20(28)11-15)16-7-8-18(22(29)33)21-19(16)12-30-23(21)34/h1-8,11H,9-10,12H2,(H2,29,33)(H,30,34)(H,31,35)(H,32,36). The molecule has 182 valence electrons. The first kappa shape index (κ1) is 23.2. The average Bonchev–Trinajstić information content (AvgIpc) is 3.58. The van der Waals surface area contributed by atoms with E-state index in [2.05, 4.69) is 16.0 Å². The Bertz CT molecular complexity index is 1450. The number of benzene rings is 3. The van der Waals surface area contributed by atoms with E-state index in [-0.39, 0.29) is 28.9 Å². The molecule has 0 spiro atoms. The summed E-state index contributed by atoms with van der Waals surface area (Å²) in [5.41, 5.74) is 5.82. The molecule has 5 rings (SSSR count). The molecule has 0 unspecified atom stereocenters. The number of anilines is 2. The number of amides is 4. The first-order chi connectivity index (χ1) is 17.2. The first-order valence-corrected chi connectivity index (χ1v) is 11.1. The number of hydrogen-bond donors (Lipinski definition) is 4. The van der Waals surface area contributed by atoms with Gasteiger partial charge in [0.2, 0.25) is 17.7 Å². The van der Waals surface area contributed by atoms with Crippen LogP contribution < -0.4 is 21.7 Å². The molecule has 1 saturated carbocycles. The first-order valence-electron chi connectivity index (χ1n) is 11.1. The van der Waals surface area contributed by atoms with Crippen LogP contribution in [0.25, 0.3) is 11.1 Å². The van der Waals surface area contributed by atoms with Gasteiger partial charge in [0.1, 0.15) is 17.0 Å². The highest BCUT2D eigenvalue weighted by molar-refractivity contribution is 6.17. The zero-order valence-electron chi connectivity index (χ0n) is 18.8. The second-order valence-electron chi connectivity index (χ2n) is 8.75. The van der Waals surface area contributed by atoms with Crippen LogP contribution in [-0.4, -0.2) is 23.6 Å². The minimum atomic E-state index is -1.29. The third-order valence-corrected chi connectivity index (χ3v) is 6.47. The summed E-state index contributed by atoms with van der Waals surface area (Å²) in [6.07, 6.45) is 0.650. The van der Waals surface area contributed by atoms with Crippen molar-refractivity contribution in [3.05, 3.63) is 82.9 Å². The Kier molecular flexibility index (Phi) is 5.51. The molecule has 4 amide bonds. The summed E-state index contributed by atoms with van der Waals surface area (Å²) in [6.45, 7) is 0.119. The number of primary amides is 1. The Balaban J connectivity index is 1.36. The van der Waals surface area contributed by atoms with Crippen molar-refractivity contribution < 1.29 is 28.0 Å². The number of carbonyl (C=O) groups excluding carboxylic acids is 4. The van der Waals surface area contributed by atoms with Gasteiger partial charge in [-0.15, -0.1) is 0 Å². The molecule has 5 N–H and O–H groups in total.